The normalized spacial score (nSPS) is 16.8. The van der Waals surface area contributed by atoms with Crippen molar-refractivity contribution in [3.63, 3.8) is 0 Å². The number of ether oxygens (including phenoxy) is 2. The summed E-state index contributed by atoms with van der Waals surface area (Å²) in [5, 5.41) is 6.36. The quantitative estimate of drug-likeness (QED) is 0.356. The van der Waals surface area contributed by atoms with Crippen molar-refractivity contribution in [1.82, 2.24) is 15.5 Å². The summed E-state index contributed by atoms with van der Waals surface area (Å²) in [5.74, 6) is 1.75. The Morgan fingerprint density at radius 3 is 2.69 bits per heavy atom. The van der Waals surface area contributed by atoms with Crippen molar-refractivity contribution in [2.24, 2.45) is 4.99 Å². The number of alkyl carbamates (subject to hydrolysis) is 1. The Balaban J connectivity index is 0.00000420. The van der Waals surface area contributed by atoms with Crippen LogP contribution in [0.1, 0.15) is 38.3 Å². The zero-order valence-corrected chi connectivity index (χ0v) is 20.7. The van der Waals surface area contributed by atoms with Crippen LogP contribution in [0.4, 0.5) is 4.79 Å². The van der Waals surface area contributed by atoms with E-state index in [4.69, 9.17) is 9.47 Å². The van der Waals surface area contributed by atoms with E-state index >= 15 is 0 Å². The van der Waals surface area contributed by atoms with E-state index < -0.39 is 5.60 Å². The van der Waals surface area contributed by atoms with Crippen molar-refractivity contribution in [3.8, 4) is 5.75 Å². The molecule has 1 aliphatic heterocycles. The van der Waals surface area contributed by atoms with Gasteiger partial charge in [-0.2, -0.15) is 0 Å². The highest BCUT2D eigenvalue weighted by Crippen LogP contribution is 2.20. The van der Waals surface area contributed by atoms with E-state index in [0.29, 0.717) is 6.54 Å². The molecule has 1 fully saturated rings. The topological polar surface area (TPSA) is 75.2 Å². The molecule has 0 saturated carbocycles. The molecule has 1 aromatic carbocycles. The van der Waals surface area contributed by atoms with Crippen molar-refractivity contribution in [1.29, 1.82) is 0 Å². The van der Waals surface area contributed by atoms with Crippen molar-refractivity contribution in [2.75, 3.05) is 33.8 Å². The summed E-state index contributed by atoms with van der Waals surface area (Å²) in [6.45, 7) is 9.98. The van der Waals surface area contributed by atoms with Gasteiger partial charge < -0.3 is 25.0 Å². The lowest BCUT2D eigenvalue weighted by Crippen LogP contribution is -2.44. The number of benzene rings is 1. The third-order valence-electron chi connectivity index (χ3n) is 4.53. The second-order valence-corrected chi connectivity index (χ2v) is 8.12. The summed E-state index contributed by atoms with van der Waals surface area (Å²) >= 11 is 0. The summed E-state index contributed by atoms with van der Waals surface area (Å²) in [6, 6.07) is 6.27. The third-order valence-corrected chi connectivity index (χ3v) is 4.53. The minimum Gasteiger partial charge on any atom is -0.496 e. The summed E-state index contributed by atoms with van der Waals surface area (Å²) < 4.78 is 10.8. The van der Waals surface area contributed by atoms with Crippen molar-refractivity contribution in [2.45, 2.75) is 52.2 Å². The first-order valence-electron chi connectivity index (χ1n) is 9.80. The van der Waals surface area contributed by atoms with E-state index in [9.17, 15) is 4.79 Å². The number of carbonyl (C=O) groups is 1. The zero-order chi connectivity index (χ0) is 20.7. The molecule has 1 aromatic rings. The lowest BCUT2D eigenvalue weighted by molar-refractivity contribution is 0.0507. The van der Waals surface area contributed by atoms with E-state index in [-0.39, 0.29) is 36.1 Å². The number of aryl methyl sites for hydroxylation is 1. The van der Waals surface area contributed by atoms with Gasteiger partial charge in [-0.05, 0) is 52.2 Å². The van der Waals surface area contributed by atoms with Gasteiger partial charge in [0.2, 0.25) is 0 Å². The molecule has 29 heavy (non-hydrogen) atoms. The monoisotopic (exact) mass is 518 g/mol. The summed E-state index contributed by atoms with van der Waals surface area (Å²) in [6.07, 6.45) is 1.34. The molecule has 0 aliphatic carbocycles. The Labute approximate surface area is 191 Å². The van der Waals surface area contributed by atoms with Crippen LogP contribution in [0, 0.1) is 6.92 Å². The van der Waals surface area contributed by atoms with Crippen LogP contribution in [-0.4, -0.2) is 62.4 Å². The maximum absolute atomic E-state index is 12.0. The number of nitrogens with zero attached hydrogens (tertiary/aromatic N) is 2. The van der Waals surface area contributed by atoms with Crippen LogP contribution < -0.4 is 15.4 Å². The molecule has 0 bridgehead atoms. The Kier molecular flexibility index (Phi) is 10.0. The third kappa shape index (κ3) is 8.28. The number of amides is 1. The Morgan fingerprint density at radius 1 is 1.34 bits per heavy atom. The number of guanidine groups is 1. The number of halogens is 1. The van der Waals surface area contributed by atoms with Gasteiger partial charge in [-0.15, -0.1) is 24.0 Å². The summed E-state index contributed by atoms with van der Waals surface area (Å²) in [5.41, 5.74) is 1.91. The van der Waals surface area contributed by atoms with E-state index in [0.717, 1.165) is 37.6 Å². The average Bonchev–Trinajstić information content (AvgIpc) is 3.05. The number of hydrogen-bond acceptors (Lipinski definition) is 4. The molecular weight excluding hydrogens is 483 g/mol. The lowest BCUT2D eigenvalue weighted by Gasteiger charge is -2.23. The molecule has 7 nitrogen and oxygen atoms in total. The standard InChI is InChI=1S/C21H34N4O3.HI/c1-15-7-8-18(27-6)16(13-15)9-11-23-19(22-5)25-12-10-17(14-25)24-20(26)28-21(2,3)4;/h7-8,13,17H,9-12,14H2,1-6H3,(H,22,23)(H,24,26);1H. The van der Waals surface area contributed by atoms with Gasteiger partial charge in [-0.25, -0.2) is 4.79 Å². The van der Waals surface area contributed by atoms with E-state index in [1.165, 1.54) is 11.1 Å². The second-order valence-electron chi connectivity index (χ2n) is 8.12. The Bertz CT molecular complexity index is 704. The molecule has 1 amide bonds. The fraction of sp³-hybridized carbons (Fsp3) is 0.619. The predicted molar refractivity (Wildman–Crippen MR) is 128 cm³/mol. The van der Waals surface area contributed by atoms with Crippen LogP contribution in [0.3, 0.4) is 0 Å². The number of methoxy groups -OCH3 is 1. The smallest absolute Gasteiger partial charge is 0.407 e. The van der Waals surface area contributed by atoms with Gasteiger partial charge in [0, 0.05) is 26.7 Å². The highest BCUT2D eigenvalue weighted by atomic mass is 127. The average molecular weight is 518 g/mol. The van der Waals surface area contributed by atoms with Crippen LogP contribution in [0.5, 0.6) is 5.75 Å². The van der Waals surface area contributed by atoms with Crippen LogP contribution in [0.2, 0.25) is 0 Å². The molecule has 0 spiro atoms. The minimum atomic E-state index is -0.489. The molecule has 1 unspecified atom stereocenters. The molecule has 1 heterocycles. The molecule has 0 radical (unpaired) electrons. The first-order valence-corrected chi connectivity index (χ1v) is 9.80. The van der Waals surface area contributed by atoms with E-state index in [1.807, 2.05) is 26.8 Å². The van der Waals surface area contributed by atoms with Crippen LogP contribution in [-0.2, 0) is 11.2 Å². The van der Waals surface area contributed by atoms with Crippen molar-refractivity contribution < 1.29 is 14.3 Å². The number of likely N-dealkylation sites (tertiary alicyclic amines) is 1. The largest absolute Gasteiger partial charge is 0.496 e. The van der Waals surface area contributed by atoms with E-state index in [1.54, 1.807) is 14.2 Å². The fourth-order valence-electron chi connectivity index (χ4n) is 3.29. The molecule has 1 atom stereocenters. The van der Waals surface area contributed by atoms with Gasteiger partial charge in [0.1, 0.15) is 11.4 Å². The second kappa shape index (κ2) is 11.5. The fourth-order valence-corrected chi connectivity index (χ4v) is 3.29. The van der Waals surface area contributed by atoms with Gasteiger partial charge >= 0.3 is 6.09 Å². The first-order chi connectivity index (χ1) is 13.2. The van der Waals surface area contributed by atoms with Gasteiger partial charge in [-0.1, -0.05) is 17.7 Å². The first kappa shape index (κ1) is 25.3. The molecule has 2 N–H and O–H groups in total. The highest BCUT2D eigenvalue weighted by Gasteiger charge is 2.27. The number of carbonyl (C=O) groups excluding carboxylic acids is 1. The summed E-state index contributed by atoms with van der Waals surface area (Å²) in [7, 11) is 3.48. The molecule has 8 heteroatoms. The van der Waals surface area contributed by atoms with Gasteiger partial charge in [-0.3, -0.25) is 4.99 Å². The maximum Gasteiger partial charge on any atom is 0.407 e. The SMILES string of the molecule is CN=C(NCCc1cc(C)ccc1OC)N1CCC(NC(=O)OC(C)(C)C)C1.I. The molecule has 1 aliphatic rings. The van der Waals surface area contributed by atoms with Crippen LogP contribution in [0.25, 0.3) is 0 Å². The van der Waals surface area contributed by atoms with E-state index in [2.05, 4.69) is 39.6 Å². The number of hydrogen-bond donors (Lipinski definition) is 2. The van der Waals surface area contributed by atoms with Crippen LogP contribution in [0.15, 0.2) is 23.2 Å². The Morgan fingerprint density at radius 2 is 2.07 bits per heavy atom. The minimum absolute atomic E-state index is 0. The number of rotatable bonds is 5. The molecule has 1 saturated heterocycles. The molecule has 0 aromatic heterocycles. The number of nitrogens with one attached hydrogen (secondary N) is 2. The van der Waals surface area contributed by atoms with Crippen LogP contribution >= 0.6 is 24.0 Å². The number of aliphatic imine (C=N–C) groups is 1. The lowest BCUT2D eigenvalue weighted by atomic mass is 10.1. The highest BCUT2D eigenvalue weighted by molar-refractivity contribution is 14.0. The summed E-state index contributed by atoms with van der Waals surface area (Å²) in [4.78, 5) is 18.5. The molecular formula is C21H35IN4O3. The predicted octanol–water partition coefficient (Wildman–Crippen LogP) is 3.34. The van der Waals surface area contributed by atoms with Crippen molar-refractivity contribution >= 4 is 36.0 Å². The molecule has 164 valence electrons. The van der Waals surface area contributed by atoms with Gasteiger partial charge in [0.25, 0.3) is 0 Å². The van der Waals surface area contributed by atoms with Gasteiger partial charge in [0.15, 0.2) is 5.96 Å². The maximum atomic E-state index is 12.0. The Hall–Kier alpha value is -1.71. The van der Waals surface area contributed by atoms with Crippen molar-refractivity contribution in [3.05, 3.63) is 29.3 Å². The van der Waals surface area contributed by atoms with Gasteiger partial charge in [0.05, 0.1) is 13.2 Å². The molecule has 2 rings (SSSR count). The zero-order valence-electron chi connectivity index (χ0n) is 18.4.